The molecule has 90 valence electrons. The van der Waals surface area contributed by atoms with E-state index in [0.717, 1.165) is 18.8 Å². The molecule has 2 aromatic rings. The summed E-state index contributed by atoms with van der Waals surface area (Å²) in [6.45, 7) is 4.34. The fourth-order valence-corrected chi connectivity index (χ4v) is 3.10. The van der Waals surface area contributed by atoms with Gasteiger partial charge in [-0.25, -0.2) is 0 Å². The number of nitrogens with one attached hydrogen (secondary N) is 1. The molecule has 2 aromatic heterocycles. The molecule has 0 saturated carbocycles. The van der Waals surface area contributed by atoms with Gasteiger partial charge < -0.3 is 5.32 Å². The average molecular weight is 247 g/mol. The minimum atomic E-state index is 0.524. The number of thiophene rings is 1. The molecule has 17 heavy (non-hydrogen) atoms. The monoisotopic (exact) mass is 247 g/mol. The molecule has 0 spiro atoms. The van der Waals surface area contributed by atoms with Crippen LogP contribution in [0.15, 0.2) is 22.9 Å². The molecule has 1 N–H and O–H groups in total. The van der Waals surface area contributed by atoms with Gasteiger partial charge in [0.15, 0.2) is 0 Å². The summed E-state index contributed by atoms with van der Waals surface area (Å²) >= 11 is 1.72. The van der Waals surface area contributed by atoms with Crippen LogP contribution >= 0.6 is 11.3 Å². The molecular formula is C13H17N3S. The number of nitrogens with zero attached hydrogens (tertiary/aromatic N) is 2. The van der Waals surface area contributed by atoms with Crippen LogP contribution in [0.1, 0.15) is 24.6 Å². The van der Waals surface area contributed by atoms with E-state index in [9.17, 15) is 0 Å². The third kappa shape index (κ3) is 2.15. The summed E-state index contributed by atoms with van der Waals surface area (Å²) < 4.78 is 2.19. The van der Waals surface area contributed by atoms with E-state index in [4.69, 9.17) is 5.10 Å². The first-order valence-corrected chi connectivity index (χ1v) is 7.08. The number of aromatic nitrogens is 2. The molecule has 0 aromatic carbocycles. The molecule has 0 bridgehead atoms. The zero-order valence-electron chi connectivity index (χ0n) is 10.0. The first kappa shape index (κ1) is 11.0. The number of aryl methyl sites for hydroxylation is 1. The Labute approximate surface area is 105 Å². The highest BCUT2D eigenvalue weighted by molar-refractivity contribution is 7.08. The molecule has 0 amide bonds. The lowest BCUT2D eigenvalue weighted by atomic mass is 10.1. The predicted octanol–water partition coefficient (Wildman–Crippen LogP) is 2.84. The fourth-order valence-electron chi connectivity index (χ4n) is 2.45. The van der Waals surface area contributed by atoms with E-state index >= 15 is 0 Å². The fraction of sp³-hybridized carbons (Fsp3) is 0.462. The second-order valence-electron chi connectivity index (χ2n) is 4.63. The van der Waals surface area contributed by atoms with Crippen molar-refractivity contribution >= 4 is 11.3 Å². The first-order valence-electron chi connectivity index (χ1n) is 6.14. The van der Waals surface area contributed by atoms with Crippen LogP contribution in [0.5, 0.6) is 0 Å². The van der Waals surface area contributed by atoms with Crippen LogP contribution in [0, 0.1) is 6.92 Å². The van der Waals surface area contributed by atoms with Gasteiger partial charge in [0.05, 0.1) is 11.7 Å². The summed E-state index contributed by atoms with van der Waals surface area (Å²) in [6, 6.07) is 4.85. The van der Waals surface area contributed by atoms with E-state index in [1.165, 1.54) is 24.1 Å². The SMILES string of the molecule is Cc1cc(-c2ccsc2)nn1[C@@H]1CCCNC1. The average Bonchev–Trinajstić information content (AvgIpc) is 2.99. The summed E-state index contributed by atoms with van der Waals surface area (Å²) in [5, 5.41) is 12.5. The Morgan fingerprint density at radius 2 is 2.47 bits per heavy atom. The summed E-state index contributed by atoms with van der Waals surface area (Å²) in [4.78, 5) is 0. The van der Waals surface area contributed by atoms with Crippen molar-refractivity contribution in [2.24, 2.45) is 0 Å². The Hall–Kier alpha value is -1.13. The van der Waals surface area contributed by atoms with Crippen LogP contribution in [0.3, 0.4) is 0 Å². The lowest BCUT2D eigenvalue weighted by Crippen LogP contribution is -2.32. The van der Waals surface area contributed by atoms with Gasteiger partial charge in [0.2, 0.25) is 0 Å². The molecule has 0 unspecified atom stereocenters. The molecule has 1 atom stereocenters. The van der Waals surface area contributed by atoms with Gasteiger partial charge in [0, 0.05) is 23.2 Å². The van der Waals surface area contributed by atoms with Gasteiger partial charge in [-0.1, -0.05) is 0 Å². The van der Waals surface area contributed by atoms with Gasteiger partial charge in [0.25, 0.3) is 0 Å². The standard InChI is InChI=1S/C13H17N3S/c1-10-7-13(11-4-6-17-9-11)15-16(10)12-3-2-5-14-8-12/h4,6-7,9,12,14H,2-3,5,8H2,1H3/t12-/m1/s1. The van der Waals surface area contributed by atoms with E-state index in [-0.39, 0.29) is 0 Å². The molecule has 1 saturated heterocycles. The lowest BCUT2D eigenvalue weighted by Gasteiger charge is -2.24. The summed E-state index contributed by atoms with van der Waals surface area (Å²) in [5.74, 6) is 0. The van der Waals surface area contributed by atoms with Crippen molar-refractivity contribution in [2.75, 3.05) is 13.1 Å². The van der Waals surface area contributed by atoms with Crippen LogP contribution in [-0.2, 0) is 0 Å². The van der Waals surface area contributed by atoms with Gasteiger partial charge in [-0.05, 0) is 43.8 Å². The molecule has 3 nitrogen and oxygen atoms in total. The molecule has 0 aliphatic carbocycles. The third-order valence-electron chi connectivity index (χ3n) is 3.36. The van der Waals surface area contributed by atoms with Crippen molar-refractivity contribution in [1.82, 2.24) is 15.1 Å². The topological polar surface area (TPSA) is 29.9 Å². The minimum Gasteiger partial charge on any atom is -0.315 e. The van der Waals surface area contributed by atoms with E-state index < -0.39 is 0 Å². The largest absolute Gasteiger partial charge is 0.315 e. The number of hydrogen-bond acceptors (Lipinski definition) is 3. The molecule has 3 rings (SSSR count). The van der Waals surface area contributed by atoms with Crippen molar-refractivity contribution < 1.29 is 0 Å². The Bertz CT molecular complexity index is 481. The van der Waals surface area contributed by atoms with Crippen LogP contribution in [0.4, 0.5) is 0 Å². The summed E-state index contributed by atoms with van der Waals surface area (Å²) in [5.41, 5.74) is 3.61. The highest BCUT2D eigenvalue weighted by Gasteiger charge is 2.18. The van der Waals surface area contributed by atoms with Crippen LogP contribution in [0.25, 0.3) is 11.3 Å². The molecule has 1 aliphatic rings. The maximum absolute atomic E-state index is 4.76. The predicted molar refractivity (Wildman–Crippen MR) is 71.4 cm³/mol. The Morgan fingerprint density at radius 3 is 3.18 bits per heavy atom. The molecule has 0 radical (unpaired) electrons. The van der Waals surface area contributed by atoms with E-state index in [2.05, 4.69) is 39.8 Å². The zero-order valence-corrected chi connectivity index (χ0v) is 10.8. The maximum atomic E-state index is 4.76. The van der Waals surface area contributed by atoms with Gasteiger partial charge >= 0.3 is 0 Å². The number of hydrogen-bond donors (Lipinski definition) is 1. The third-order valence-corrected chi connectivity index (χ3v) is 4.04. The van der Waals surface area contributed by atoms with Crippen molar-refractivity contribution in [2.45, 2.75) is 25.8 Å². The molecule has 1 fully saturated rings. The van der Waals surface area contributed by atoms with Crippen LogP contribution in [0.2, 0.25) is 0 Å². The minimum absolute atomic E-state index is 0.524. The van der Waals surface area contributed by atoms with Gasteiger partial charge in [-0.3, -0.25) is 4.68 Å². The quantitative estimate of drug-likeness (QED) is 0.884. The van der Waals surface area contributed by atoms with Gasteiger partial charge in [-0.2, -0.15) is 16.4 Å². The number of piperidine rings is 1. The molecule has 3 heterocycles. The van der Waals surface area contributed by atoms with Crippen molar-refractivity contribution in [1.29, 1.82) is 0 Å². The maximum Gasteiger partial charge on any atom is 0.0934 e. The normalized spacial score (nSPS) is 20.6. The summed E-state index contributed by atoms with van der Waals surface area (Å²) in [6.07, 6.45) is 2.48. The first-order chi connectivity index (χ1) is 8.34. The summed E-state index contributed by atoms with van der Waals surface area (Å²) in [7, 11) is 0. The van der Waals surface area contributed by atoms with Crippen molar-refractivity contribution in [3.8, 4) is 11.3 Å². The zero-order chi connectivity index (χ0) is 11.7. The second kappa shape index (κ2) is 4.63. The number of rotatable bonds is 2. The van der Waals surface area contributed by atoms with Crippen molar-refractivity contribution in [3.63, 3.8) is 0 Å². The Balaban J connectivity index is 1.90. The van der Waals surface area contributed by atoms with Crippen molar-refractivity contribution in [3.05, 3.63) is 28.6 Å². The smallest absolute Gasteiger partial charge is 0.0934 e. The second-order valence-corrected chi connectivity index (χ2v) is 5.41. The molecular weight excluding hydrogens is 230 g/mol. The van der Waals surface area contributed by atoms with E-state index in [1.54, 1.807) is 11.3 Å². The van der Waals surface area contributed by atoms with E-state index in [1.807, 2.05) is 0 Å². The molecule has 1 aliphatic heterocycles. The van der Waals surface area contributed by atoms with Crippen LogP contribution < -0.4 is 5.32 Å². The Morgan fingerprint density at radius 1 is 1.53 bits per heavy atom. The highest BCUT2D eigenvalue weighted by atomic mass is 32.1. The Kier molecular flexibility index (Phi) is 2.99. The lowest BCUT2D eigenvalue weighted by molar-refractivity contribution is 0.342. The molecule has 4 heteroatoms. The van der Waals surface area contributed by atoms with Crippen LogP contribution in [-0.4, -0.2) is 22.9 Å². The highest BCUT2D eigenvalue weighted by Crippen LogP contribution is 2.25. The van der Waals surface area contributed by atoms with Gasteiger partial charge in [-0.15, -0.1) is 0 Å². The van der Waals surface area contributed by atoms with E-state index in [0.29, 0.717) is 6.04 Å². The van der Waals surface area contributed by atoms with Gasteiger partial charge in [0.1, 0.15) is 0 Å².